The quantitative estimate of drug-likeness (QED) is 0.412. The molecule has 0 aromatic heterocycles. The lowest BCUT2D eigenvalue weighted by Gasteiger charge is -2.39. The first-order valence-electron chi connectivity index (χ1n) is 3.95. The summed E-state index contributed by atoms with van der Waals surface area (Å²) in [5.74, 6) is 0. The Morgan fingerprint density at radius 3 is 2.46 bits per heavy atom. The van der Waals surface area contributed by atoms with Crippen LogP contribution in [0.1, 0.15) is 0 Å². The molecule has 1 saturated heterocycles. The Kier molecular flexibility index (Phi) is 3.96. The average molecular weight is 210 g/mol. The predicted molar refractivity (Wildman–Crippen MR) is 47.5 cm³/mol. The molecule has 1 aliphatic rings. The van der Waals surface area contributed by atoms with E-state index in [1.54, 1.807) is 0 Å². The summed E-state index contributed by atoms with van der Waals surface area (Å²) in [5.41, 5.74) is 0. The Morgan fingerprint density at radius 1 is 1.38 bits per heavy atom. The van der Waals surface area contributed by atoms with Gasteiger partial charge in [-0.15, -0.1) is 0 Å². The van der Waals surface area contributed by atoms with E-state index >= 15 is 0 Å². The highest BCUT2D eigenvalue weighted by Gasteiger charge is 2.42. The van der Waals surface area contributed by atoms with Gasteiger partial charge in [0.15, 0.2) is 6.29 Å². The monoisotopic (exact) mass is 210 g/mol. The van der Waals surface area contributed by atoms with Crippen molar-refractivity contribution in [2.75, 3.05) is 13.7 Å². The largest absolute Gasteiger partial charge is 0.394 e. The second-order valence-electron chi connectivity index (χ2n) is 2.93. The van der Waals surface area contributed by atoms with E-state index in [0.29, 0.717) is 0 Å². The highest BCUT2D eigenvalue weighted by molar-refractivity contribution is 7.81. The molecule has 1 aliphatic heterocycles. The predicted octanol–water partition coefficient (Wildman–Crippen LogP) is -1.63. The van der Waals surface area contributed by atoms with Gasteiger partial charge in [0.1, 0.15) is 6.10 Å². The molecule has 0 radical (unpaired) electrons. The molecular formula is C7H14O5S. The maximum absolute atomic E-state index is 9.45. The fourth-order valence-corrected chi connectivity index (χ4v) is 1.60. The molecule has 0 saturated carbocycles. The van der Waals surface area contributed by atoms with Gasteiger partial charge in [-0.1, -0.05) is 0 Å². The SMILES string of the molecule is CO[C@H]1O[C@H](CO)[C@H](S)[C@H](O)[C@H]1O. The van der Waals surface area contributed by atoms with Gasteiger partial charge in [-0.2, -0.15) is 12.6 Å². The van der Waals surface area contributed by atoms with Crippen molar-refractivity contribution < 1.29 is 24.8 Å². The van der Waals surface area contributed by atoms with Crippen LogP contribution in [0.3, 0.4) is 0 Å². The van der Waals surface area contributed by atoms with Gasteiger partial charge < -0.3 is 24.8 Å². The molecule has 5 atom stereocenters. The van der Waals surface area contributed by atoms with Crippen LogP contribution in [-0.4, -0.2) is 58.9 Å². The van der Waals surface area contributed by atoms with Gasteiger partial charge in [0, 0.05) is 7.11 Å². The topological polar surface area (TPSA) is 79.2 Å². The van der Waals surface area contributed by atoms with Crippen LogP contribution in [0.4, 0.5) is 0 Å². The summed E-state index contributed by atoms with van der Waals surface area (Å²) in [7, 11) is 1.36. The molecule has 6 heteroatoms. The normalized spacial score (nSPS) is 46.4. The summed E-state index contributed by atoms with van der Waals surface area (Å²) in [6.45, 7) is -0.266. The summed E-state index contributed by atoms with van der Waals surface area (Å²) in [5, 5.41) is 27.1. The third-order valence-corrected chi connectivity index (χ3v) is 2.72. The number of rotatable bonds is 2. The van der Waals surface area contributed by atoms with E-state index in [0.717, 1.165) is 0 Å². The minimum atomic E-state index is -1.13. The average Bonchev–Trinajstić information content (AvgIpc) is 2.15. The lowest BCUT2D eigenvalue weighted by atomic mass is 10.0. The number of hydrogen-bond acceptors (Lipinski definition) is 6. The molecule has 0 spiro atoms. The van der Waals surface area contributed by atoms with E-state index in [9.17, 15) is 10.2 Å². The summed E-state index contributed by atoms with van der Waals surface area (Å²) >= 11 is 4.02. The maximum Gasteiger partial charge on any atom is 0.186 e. The number of aliphatic hydroxyl groups is 3. The maximum atomic E-state index is 9.45. The number of ether oxygens (including phenoxy) is 2. The minimum absolute atomic E-state index is 0.266. The van der Waals surface area contributed by atoms with Gasteiger partial charge in [0.25, 0.3) is 0 Å². The number of hydrogen-bond donors (Lipinski definition) is 4. The summed E-state index contributed by atoms with van der Waals surface area (Å²) < 4.78 is 9.90. The Labute approximate surface area is 81.7 Å². The summed E-state index contributed by atoms with van der Waals surface area (Å²) in [4.78, 5) is 0. The van der Waals surface area contributed by atoms with Crippen LogP contribution < -0.4 is 0 Å². The molecule has 5 nitrogen and oxygen atoms in total. The number of thiol groups is 1. The van der Waals surface area contributed by atoms with E-state index in [2.05, 4.69) is 12.6 Å². The number of aliphatic hydroxyl groups excluding tert-OH is 3. The van der Waals surface area contributed by atoms with Crippen LogP contribution in [0, 0.1) is 0 Å². The third kappa shape index (κ3) is 2.15. The second-order valence-corrected chi connectivity index (χ2v) is 3.53. The molecule has 3 N–H and O–H groups in total. The molecule has 0 aromatic rings. The zero-order chi connectivity index (χ0) is 10.0. The van der Waals surface area contributed by atoms with Crippen molar-refractivity contribution in [1.29, 1.82) is 0 Å². The molecular weight excluding hydrogens is 196 g/mol. The van der Waals surface area contributed by atoms with Crippen molar-refractivity contribution in [2.24, 2.45) is 0 Å². The van der Waals surface area contributed by atoms with Crippen LogP contribution >= 0.6 is 12.6 Å². The lowest BCUT2D eigenvalue weighted by Crippen LogP contribution is -2.57. The Hall–Kier alpha value is 0.150. The van der Waals surface area contributed by atoms with Crippen LogP contribution in [0.5, 0.6) is 0 Å². The van der Waals surface area contributed by atoms with Crippen LogP contribution in [-0.2, 0) is 9.47 Å². The molecule has 0 aliphatic carbocycles. The molecule has 13 heavy (non-hydrogen) atoms. The minimum Gasteiger partial charge on any atom is -0.394 e. The Balaban J connectivity index is 2.66. The lowest BCUT2D eigenvalue weighted by molar-refractivity contribution is -0.259. The molecule has 0 unspecified atom stereocenters. The second kappa shape index (κ2) is 4.59. The van der Waals surface area contributed by atoms with Crippen LogP contribution in [0.2, 0.25) is 0 Å². The van der Waals surface area contributed by atoms with Crippen LogP contribution in [0.25, 0.3) is 0 Å². The summed E-state index contributed by atoms with van der Waals surface area (Å²) in [6, 6.07) is 0. The van der Waals surface area contributed by atoms with Crippen LogP contribution in [0.15, 0.2) is 0 Å². The van der Waals surface area contributed by atoms with Crippen molar-refractivity contribution >= 4 is 12.6 Å². The van der Waals surface area contributed by atoms with Gasteiger partial charge in [0.2, 0.25) is 0 Å². The van der Waals surface area contributed by atoms with Gasteiger partial charge in [-0.05, 0) is 0 Å². The third-order valence-electron chi connectivity index (χ3n) is 2.08. The van der Waals surface area contributed by atoms with Crippen molar-refractivity contribution in [1.82, 2.24) is 0 Å². The van der Waals surface area contributed by atoms with E-state index in [1.807, 2.05) is 0 Å². The van der Waals surface area contributed by atoms with Crippen molar-refractivity contribution in [2.45, 2.75) is 29.9 Å². The van der Waals surface area contributed by atoms with E-state index in [1.165, 1.54) is 7.11 Å². The smallest absolute Gasteiger partial charge is 0.186 e. The highest BCUT2D eigenvalue weighted by Crippen LogP contribution is 2.24. The molecule has 1 rings (SSSR count). The molecule has 1 heterocycles. The fourth-order valence-electron chi connectivity index (χ4n) is 1.26. The molecule has 78 valence electrons. The van der Waals surface area contributed by atoms with Crippen molar-refractivity contribution in [3.8, 4) is 0 Å². The zero-order valence-electron chi connectivity index (χ0n) is 7.20. The van der Waals surface area contributed by atoms with Gasteiger partial charge in [-0.3, -0.25) is 0 Å². The summed E-state index contributed by atoms with van der Waals surface area (Å²) in [6.07, 6.45) is -3.71. The number of methoxy groups -OCH3 is 1. The Morgan fingerprint density at radius 2 is 2.00 bits per heavy atom. The van der Waals surface area contributed by atoms with Crippen molar-refractivity contribution in [3.05, 3.63) is 0 Å². The van der Waals surface area contributed by atoms with Gasteiger partial charge in [-0.25, -0.2) is 0 Å². The van der Waals surface area contributed by atoms with Gasteiger partial charge >= 0.3 is 0 Å². The van der Waals surface area contributed by atoms with Gasteiger partial charge in [0.05, 0.1) is 24.1 Å². The standard InChI is InChI=1S/C7H14O5S/c1-11-7-5(10)4(9)6(13)3(2-8)12-7/h3-10,13H,2H2,1H3/t3-,4-,5-,6+,7+/m1/s1. The first-order chi connectivity index (χ1) is 6.11. The molecule has 0 bridgehead atoms. The first kappa shape index (κ1) is 11.2. The molecule has 0 amide bonds. The molecule has 1 fully saturated rings. The molecule has 0 aromatic carbocycles. The van der Waals surface area contributed by atoms with Crippen molar-refractivity contribution in [3.63, 3.8) is 0 Å². The first-order valence-corrected chi connectivity index (χ1v) is 4.46. The van der Waals surface area contributed by atoms with E-state index < -0.39 is 29.9 Å². The fraction of sp³-hybridized carbons (Fsp3) is 1.00. The zero-order valence-corrected chi connectivity index (χ0v) is 8.09. The van der Waals surface area contributed by atoms with E-state index in [4.69, 9.17) is 14.6 Å². The highest BCUT2D eigenvalue weighted by atomic mass is 32.1. The Bertz CT molecular complexity index is 147. The van der Waals surface area contributed by atoms with E-state index in [-0.39, 0.29) is 6.61 Å².